The molecule has 2 heterocycles. The Morgan fingerprint density at radius 2 is 1.54 bits per heavy atom. The fourth-order valence-electron chi connectivity index (χ4n) is 6.18. The smallest absolute Gasteiger partial charge is 0.225 e. The van der Waals surface area contributed by atoms with Crippen molar-refractivity contribution >= 4 is 40.4 Å². The first kappa shape index (κ1) is 26.3. The van der Waals surface area contributed by atoms with Crippen LogP contribution in [0.2, 0.25) is 0 Å². The molecule has 5 nitrogen and oxygen atoms in total. The quantitative estimate of drug-likeness (QED) is 0.364. The third kappa shape index (κ3) is 5.59. The summed E-state index contributed by atoms with van der Waals surface area (Å²) in [7, 11) is 4.24. The van der Waals surface area contributed by atoms with E-state index in [0.717, 1.165) is 58.3 Å². The Morgan fingerprint density at radius 3 is 2.22 bits per heavy atom. The Balaban J connectivity index is 1.36. The topological polar surface area (TPSA) is 38.8 Å². The second kappa shape index (κ2) is 11.6. The minimum atomic E-state index is 0.257. The van der Waals surface area contributed by atoms with Crippen molar-refractivity contribution < 1.29 is 4.79 Å². The van der Waals surface area contributed by atoms with Gasteiger partial charge in [-0.15, -0.1) is 0 Å². The molecule has 3 aliphatic rings. The molecule has 200 valence electrons. The highest BCUT2D eigenvalue weighted by Gasteiger charge is 2.28. The zero-order valence-electron chi connectivity index (χ0n) is 23.2. The molecular weight excluding hydrogens is 476 g/mol. The van der Waals surface area contributed by atoms with E-state index >= 15 is 0 Å². The maximum atomic E-state index is 13.3. The van der Waals surface area contributed by atoms with Crippen molar-refractivity contribution in [3.05, 3.63) is 35.4 Å². The van der Waals surface area contributed by atoms with Crippen molar-refractivity contribution in [3.63, 3.8) is 0 Å². The normalized spacial score (nSPS) is 18.4. The van der Waals surface area contributed by atoms with Crippen molar-refractivity contribution in [1.29, 1.82) is 0 Å². The molecule has 2 aromatic carbocycles. The Kier molecular flexibility index (Phi) is 8.23. The predicted octanol–water partition coefficient (Wildman–Crippen LogP) is 7.09. The summed E-state index contributed by atoms with van der Waals surface area (Å²) in [6.07, 6.45) is 10.2. The molecule has 0 spiro atoms. The van der Waals surface area contributed by atoms with E-state index in [1.807, 2.05) is 11.8 Å². The number of rotatable bonds is 5. The molecule has 2 aliphatic heterocycles. The van der Waals surface area contributed by atoms with Gasteiger partial charge in [-0.05, 0) is 67.5 Å². The zero-order chi connectivity index (χ0) is 25.9. The molecule has 0 unspecified atom stereocenters. The van der Waals surface area contributed by atoms with Gasteiger partial charge >= 0.3 is 0 Å². The van der Waals surface area contributed by atoms with E-state index in [0.29, 0.717) is 5.91 Å². The molecule has 2 fully saturated rings. The third-order valence-corrected chi connectivity index (χ3v) is 9.55. The number of fused-ring (bicyclic) bond motifs is 2. The third-order valence-electron chi connectivity index (χ3n) is 8.46. The number of carbonyl (C=O) groups excluding carboxylic acids is 1. The maximum absolute atomic E-state index is 13.3. The van der Waals surface area contributed by atoms with Crippen LogP contribution in [0.3, 0.4) is 0 Å². The van der Waals surface area contributed by atoms with Gasteiger partial charge in [0, 0.05) is 67.4 Å². The first-order valence-electron chi connectivity index (χ1n) is 14.5. The van der Waals surface area contributed by atoms with Gasteiger partial charge in [0.05, 0.1) is 11.4 Å². The Morgan fingerprint density at radius 1 is 0.865 bits per heavy atom. The number of nitrogens with zero attached hydrogens (tertiary/aromatic N) is 3. The fraction of sp³-hybridized carbons (Fsp3) is 0.581. The fourth-order valence-corrected chi connectivity index (χ4v) is 7.35. The van der Waals surface area contributed by atoms with E-state index in [9.17, 15) is 4.79 Å². The first-order valence-corrected chi connectivity index (χ1v) is 15.3. The van der Waals surface area contributed by atoms with Gasteiger partial charge in [-0.2, -0.15) is 0 Å². The lowest BCUT2D eigenvalue weighted by molar-refractivity contribution is -0.135. The predicted molar refractivity (Wildman–Crippen MR) is 158 cm³/mol. The number of nitrogens with one attached hydrogen (secondary N) is 1. The highest BCUT2D eigenvalue weighted by Crippen LogP contribution is 2.50. The monoisotopic (exact) mass is 520 g/mol. The molecule has 1 amide bonds. The Bertz CT molecular complexity index is 1120. The van der Waals surface area contributed by atoms with Crippen LogP contribution in [0.15, 0.2) is 34.1 Å². The molecule has 2 aromatic rings. The molecule has 6 heteroatoms. The van der Waals surface area contributed by atoms with E-state index < -0.39 is 0 Å². The largest absolute Gasteiger partial charge is 0.378 e. The van der Waals surface area contributed by atoms with E-state index in [1.54, 1.807) is 0 Å². The van der Waals surface area contributed by atoms with Crippen molar-refractivity contribution in [2.24, 2.45) is 5.92 Å². The van der Waals surface area contributed by atoms with E-state index in [-0.39, 0.29) is 5.92 Å². The summed E-state index contributed by atoms with van der Waals surface area (Å²) < 4.78 is 0. The van der Waals surface area contributed by atoms with Crippen LogP contribution < -0.4 is 15.1 Å². The van der Waals surface area contributed by atoms with Crippen molar-refractivity contribution in [1.82, 2.24) is 4.90 Å². The first-order chi connectivity index (χ1) is 18.0. The molecule has 37 heavy (non-hydrogen) atoms. The lowest BCUT2D eigenvalue weighted by Gasteiger charge is -2.30. The lowest BCUT2D eigenvalue weighted by Crippen LogP contribution is -2.39. The van der Waals surface area contributed by atoms with Crippen LogP contribution in [0.5, 0.6) is 0 Å². The summed E-state index contributed by atoms with van der Waals surface area (Å²) in [5, 5.41) is 3.84. The van der Waals surface area contributed by atoms with Gasteiger partial charge in [0.2, 0.25) is 5.91 Å². The summed E-state index contributed by atoms with van der Waals surface area (Å²) in [6.45, 7) is 8.16. The Labute approximate surface area is 228 Å². The van der Waals surface area contributed by atoms with Crippen molar-refractivity contribution in [2.45, 2.75) is 81.4 Å². The molecule has 0 radical (unpaired) electrons. The molecule has 0 aromatic heterocycles. The molecule has 1 saturated heterocycles. The number of benzene rings is 2. The van der Waals surface area contributed by atoms with E-state index in [4.69, 9.17) is 0 Å². The number of aryl methyl sites for hydroxylation is 2. The number of carbonyl (C=O) groups is 1. The lowest BCUT2D eigenvalue weighted by atomic mass is 9.98. The number of hydrogen-bond donors (Lipinski definition) is 1. The minimum absolute atomic E-state index is 0.257. The highest BCUT2D eigenvalue weighted by atomic mass is 32.2. The number of amides is 1. The average molecular weight is 521 g/mol. The molecular formula is C31H44N4OS. The molecule has 1 aliphatic carbocycles. The van der Waals surface area contributed by atoms with Crippen LogP contribution in [0, 0.1) is 5.92 Å². The molecule has 1 N–H and O–H groups in total. The minimum Gasteiger partial charge on any atom is -0.378 e. The standard InChI is InChI=1S/C31H44N4OS/c1-5-22-18-25(33(3)4)20-27-29(22)32-30-23(6-2)19-26(21-28(30)37-27)34-14-11-15-35(17-16-34)31(36)24-12-9-7-8-10-13-24/h18-21,24,32H,5-17H2,1-4H3. The van der Waals surface area contributed by atoms with Crippen LogP contribution in [0.25, 0.3) is 0 Å². The van der Waals surface area contributed by atoms with Gasteiger partial charge in [0.15, 0.2) is 0 Å². The summed E-state index contributed by atoms with van der Waals surface area (Å²) in [5.41, 5.74) is 7.85. The van der Waals surface area contributed by atoms with Gasteiger partial charge in [-0.25, -0.2) is 0 Å². The summed E-state index contributed by atoms with van der Waals surface area (Å²) in [4.78, 5) is 22.8. The van der Waals surface area contributed by atoms with Crippen LogP contribution >= 0.6 is 11.8 Å². The van der Waals surface area contributed by atoms with Crippen molar-refractivity contribution in [2.75, 3.05) is 55.4 Å². The van der Waals surface area contributed by atoms with Crippen LogP contribution in [0.1, 0.15) is 69.9 Å². The zero-order valence-corrected chi connectivity index (χ0v) is 24.1. The van der Waals surface area contributed by atoms with Crippen LogP contribution in [-0.4, -0.2) is 51.1 Å². The number of anilines is 4. The second-order valence-corrected chi connectivity index (χ2v) is 12.2. The average Bonchev–Trinajstić information content (AvgIpc) is 3.34. The van der Waals surface area contributed by atoms with Gasteiger partial charge in [-0.1, -0.05) is 51.3 Å². The van der Waals surface area contributed by atoms with Gasteiger partial charge in [0.25, 0.3) is 0 Å². The van der Waals surface area contributed by atoms with Crippen molar-refractivity contribution in [3.8, 4) is 0 Å². The molecule has 0 bridgehead atoms. The molecule has 0 atom stereocenters. The summed E-state index contributed by atoms with van der Waals surface area (Å²) >= 11 is 1.90. The molecule has 5 rings (SSSR count). The highest BCUT2D eigenvalue weighted by molar-refractivity contribution is 7.99. The maximum Gasteiger partial charge on any atom is 0.225 e. The van der Waals surface area contributed by atoms with E-state index in [1.165, 1.54) is 69.4 Å². The van der Waals surface area contributed by atoms with Gasteiger partial charge < -0.3 is 20.0 Å². The number of hydrogen-bond acceptors (Lipinski definition) is 5. The van der Waals surface area contributed by atoms with E-state index in [2.05, 4.69) is 72.2 Å². The SMILES string of the molecule is CCc1cc(N(C)C)cc2c1Nc1c(CC)cc(N3CCCN(C(=O)C4CCCCCC4)CC3)cc1S2. The summed E-state index contributed by atoms with van der Waals surface area (Å²) in [5.74, 6) is 0.676. The Hall–Kier alpha value is -2.34. The van der Waals surface area contributed by atoms with Gasteiger partial charge in [-0.3, -0.25) is 4.79 Å². The molecule has 1 saturated carbocycles. The second-order valence-electron chi connectivity index (χ2n) is 11.1. The van der Waals surface area contributed by atoms with Gasteiger partial charge in [0.1, 0.15) is 0 Å². The summed E-state index contributed by atoms with van der Waals surface area (Å²) in [6, 6.07) is 9.40. The van der Waals surface area contributed by atoms with Crippen LogP contribution in [-0.2, 0) is 17.6 Å². The van der Waals surface area contributed by atoms with Crippen LogP contribution in [0.4, 0.5) is 22.7 Å².